The van der Waals surface area contributed by atoms with Gasteiger partial charge in [0, 0.05) is 45.7 Å². The van der Waals surface area contributed by atoms with Crippen molar-refractivity contribution in [3.8, 4) is 0 Å². The molecular weight excluding hydrogens is 358 g/mol. The van der Waals surface area contributed by atoms with Crippen molar-refractivity contribution in [1.29, 1.82) is 0 Å². The first-order valence-electron chi connectivity index (χ1n) is 9.80. The third-order valence-electron chi connectivity index (χ3n) is 5.73. The van der Waals surface area contributed by atoms with E-state index in [2.05, 4.69) is 26.8 Å². The van der Waals surface area contributed by atoms with E-state index >= 15 is 0 Å². The molecule has 0 aliphatic carbocycles. The van der Waals surface area contributed by atoms with Crippen molar-refractivity contribution in [2.45, 2.75) is 37.3 Å². The average molecular weight is 385 g/mol. The fourth-order valence-electron chi connectivity index (χ4n) is 4.26. The van der Waals surface area contributed by atoms with Crippen LogP contribution < -0.4 is 5.32 Å². The van der Waals surface area contributed by atoms with Gasteiger partial charge in [-0.25, -0.2) is 9.97 Å². The number of aromatic amines is 1. The number of likely N-dealkylation sites (tertiary alicyclic amines) is 1. The van der Waals surface area contributed by atoms with Gasteiger partial charge < -0.3 is 24.7 Å². The van der Waals surface area contributed by atoms with E-state index < -0.39 is 0 Å². The summed E-state index contributed by atoms with van der Waals surface area (Å²) in [7, 11) is 1.68. The molecule has 2 aromatic rings. The van der Waals surface area contributed by atoms with Gasteiger partial charge in [-0.1, -0.05) is 6.58 Å². The molecule has 1 amide bonds. The highest BCUT2D eigenvalue weighted by molar-refractivity contribution is 5.91. The topological polar surface area (TPSA) is 92.4 Å². The number of nitrogens with zero attached hydrogens (tertiary/aromatic N) is 3. The van der Waals surface area contributed by atoms with E-state index in [4.69, 9.17) is 9.47 Å². The summed E-state index contributed by atoms with van der Waals surface area (Å²) in [4.78, 5) is 26.1. The number of rotatable bonds is 5. The van der Waals surface area contributed by atoms with Crippen LogP contribution in [-0.2, 0) is 14.3 Å². The minimum Gasteiger partial charge on any atom is -0.381 e. The Kier molecular flexibility index (Phi) is 5.59. The predicted octanol–water partition coefficient (Wildman–Crippen LogP) is 2.07. The zero-order valence-corrected chi connectivity index (χ0v) is 16.2. The van der Waals surface area contributed by atoms with E-state index in [9.17, 15) is 4.79 Å². The second-order valence-corrected chi connectivity index (χ2v) is 7.46. The van der Waals surface area contributed by atoms with E-state index in [1.165, 1.54) is 11.6 Å². The maximum Gasteiger partial charge on any atom is 0.246 e. The minimum atomic E-state index is -0.0778. The lowest BCUT2D eigenvalue weighted by atomic mass is 9.92. The predicted molar refractivity (Wildman–Crippen MR) is 106 cm³/mol. The molecule has 0 unspecified atom stereocenters. The summed E-state index contributed by atoms with van der Waals surface area (Å²) in [6, 6.07) is 0.0399. The highest BCUT2D eigenvalue weighted by atomic mass is 16.5. The molecule has 2 aromatic heterocycles. The molecule has 0 radical (unpaired) electrons. The smallest absolute Gasteiger partial charge is 0.246 e. The van der Waals surface area contributed by atoms with Crippen LogP contribution in [0.1, 0.15) is 30.7 Å². The molecule has 2 N–H and O–H groups in total. The van der Waals surface area contributed by atoms with Crippen molar-refractivity contribution in [2.24, 2.45) is 0 Å². The average Bonchev–Trinajstić information content (AvgIpc) is 3.19. The zero-order valence-electron chi connectivity index (χ0n) is 16.2. The van der Waals surface area contributed by atoms with Gasteiger partial charge in [-0.15, -0.1) is 0 Å². The van der Waals surface area contributed by atoms with Crippen molar-refractivity contribution < 1.29 is 14.3 Å². The molecule has 4 rings (SSSR count). The van der Waals surface area contributed by atoms with Crippen LogP contribution in [0.3, 0.4) is 0 Å². The maximum atomic E-state index is 12.1. The molecule has 28 heavy (non-hydrogen) atoms. The normalized spacial score (nSPS) is 23.7. The summed E-state index contributed by atoms with van der Waals surface area (Å²) in [6.45, 7) is 6.34. The summed E-state index contributed by atoms with van der Waals surface area (Å²) in [5.74, 6) is 1.16. The second-order valence-electron chi connectivity index (χ2n) is 7.46. The highest BCUT2D eigenvalue weighted by Gasteiger charge is 2.30. The Morgan fingerprint density at radius 2 is 2.21 bits per heavy atom. The molecule has 0 bridgehead atoms. The standard InChI is InChI=1S/C20H27N5O3/c1-3-17(26)25-10-14(8-15(11-25)27-2)24-20-18-16(13-4-6-28-7-5-13)9-21-19(18)22-12-23-20/h3,9,12-15H,1,4-8,10-11H2,2H3,(H2,21,22,23,24)/t14-,15-/m1/s1. The van der Waals surface area contributed by atoms with Gasteiger partial charge in [-0.05, 0) is 36.8 Å². The van der Waals surface area contributed by atoms with E-state index in [0.717, 1.165) is 49.3 Å². The maximum absolute atomic E-state index is 12.1. The van der Waals surface area contributed by atoms with Gasteiger partial charge in [0.05, 0.1) is 11.5 Å². The summed E-state index contributed by atoms with van der Waals surface area (Å²) < 4.78 is 11.1. The Bertz CT molecular complexity index is 845. The molecule has 8 heteroatoms. The number of fused-ring (bicyclic) bond motifs is 1. The number of hydrogen-bond acceptors (Lipinski definition) is 6. The number of carbonyl (C=O) groups is 1. The first kappa shape index (κ1) is 18.9. The summed E-state index contributed by atoms with van der Waals surface area (Å²) in [5, 5.41) is 4.59. The molecule has 2 aliphatic heterocycles. The van der Waals surface area contributed by atoms with Crippen molar-refractivity contribution in [2.75, 3.05) is 38.7 Å². The molecule has 2 saturated heterocycles. The van der Waals surface area contributed by atoms with Crippen molar-refractivity contribution in [1.82, 2.24) is 19.9 Å². The van der Waals surface area contributed by atoms with E-state index in [0.29, 0.717) is 19.0 Å². The van der Waals surface area contributed by atoms with E-state index in [-0.39, 0.29) is 18.1 Å². The van der Waals surface area contributed by atoms with Crippen LogP contribution >= 0.6 is 0 Å². The number of carbonyl (C=O) groups excluding carboxylic acids is 1. The van der Waals surface area contributed by atoms with Gasteiger partial charge >= 0.3 is 0 Å². The molecule has 8 nitrogen and oxygen atoms in total. The van der Waals surface area contributed by atoms with Crippen molar-refractivity contribution >= 4 is 22.8 Å². The number of piperidine rings is 1. The second kappa shape index (κ2) is 8.28. The summed E-state index contributed by atoms with van der Waals surface area (Å²) in [6.07, 6.45) is 7.75. The fourth-order valence-corrected chi connectivity index (χ4v) is 4.26. The summed E-state index contributed by atoms with van der Waals surface area (Å²) >= 11 is 0. The molecular formula is C20H27N5O3. The molecule has 0 saturated carbocycles. The first-order chi connectivity index (χ1) is 13.7. The Hall–Kier alpha value is -2.45. The van der Waals surface area contributed by atoms with Crippen LogP contribution in [0.5, 0.6) is 0 Å². The Morgan fingerprint density at radius 1 is 1.39 bits per heavy atom. The third kappa shape index (κ3) is 3.74. The van der Waals surface area contributed by atoms with Crippen LogP contribution in [0.4, 0.5) is 5.82 Å². The fraction of sp³-hybridized carbons (Fsp3) is 0.550. The third-order valence-corrected chi connectivity index (χ3v) is 5.73. The zero-order chi connectivity index (χ0) is 19.5. The number of anilines is 1. The Morgan fingerprint density at radius 3 is 2.96 bits per heavy atom. The first-order valence-corrected chi connectivity index (χ1v) is 9.80. The Balaban J connectivity index is 1.60. The number of nitrogens with one attached hydrogen (secondary N) is 2. The Labute approximate surface area is 164 Å². The van der Waals surface area contributed by atoms with Crippen LogP contribution in [0.15, 0.2) is 25.2 Å². The van der Waals surface area contributed by atoms with Gasteiger partial charge in [0.15, 0.2) is 0 Å². The minimum absolute atomic E-state index is 0.0198. The lowest BCUT2D eigenvalue weighted by molar-refractivity contribution is -0.129. The number of hydrogen-bond donors (Lipinski definition) is 2. The van der Waals surface area contributed by atoms with Crippen LogP contribution in [-0.4, -0.2) is 71.3 Å². The number of amides is 1. The molecule has 0 spiro atoms. The highest BCUT2D eigenvalue weighted by Crippen LogP contribution is 2.35. The number of aromatic nitrogens is 3. The monoisotopic (exact) mass is 385 g/mol. The van der Waals surface area contributed by atoms with Crippen molar-refractivity contribution in [3.05, 3.63) is 30.7 Å². The lowest BCUT2D eigenvalue weighted by Gasteiger charge is -2.37. The van der Waals surface area contributed by atoms with Gasteiger partial charge in [-0.2, -0.15) is 0 Å². The quantitative estimate of drug-likeness (QED) is 0.766. The van der Waals surface area contributed by atoms with Crippen LogP contribution in [0.25, 0.3) is 11.0 Å². The van der Waals surface area contributed by atoms with Gasteiger partial charge in [0.25, 0.3) is 0 Å². The van der Waals surface area contributed by atoms with E-state index in [1.54, 1.807) is 18.3 Å². The van der Waals surface area contributed by atoms with Crippen LogP contribution in [0, 0.1) is 0 Å². The molecule has 2 aliphatic rings. The molecule has 0 aromatic carbocycles. The molecule has 2 fully saturated rings. The number of ether oxygens (including phenoxy) is 2. The number of H-pyrrole nitrogens is 1. The molecule has 4 heterocycles. The number of methoxy groups -OCH3 is 1. The largest absolute Gasteiger partial charge is 0.381 e. The molecule has 2 atom stereocenters. The van der Waals surface area contributed by atoms with Gasteiger partial charge in [0.2, 0.25) is 5.91 Å². The van der Waals surface area contributed by atoms with Crippen molar-refractivity contribution in [3.63, 3.8) is 0 Å². The van der Waals surface area contributed by atoms with E-state index in [1.807, 2.05) is 6.20 Å². The summed E-state index contributed by atoms with van der Waals surface area (Å²) in [5.41, 5.74) is 2.07. The molecule has 150 valence electrons. The van der Waals surface area contributed by atoms with Gasteiger partial charge in [-0.3, -0.25) is 4.79 Å². The van der Waals surface area contributed by atoms with Crippen LogP contribution in [0.2, 0.25) is 0 Å². The van der Waals surface area contributed by atoms with Gasteiger partial charge in [0.1, 0.15) is 17.8 Å². The lowest BCUT2D eigenvalue weighted by Crippen LogP contribution is -2.51. The SMILES string of the molecule is C=CC(=O)N1C[C@H](Nc2ncnc3[nH]cc(C4CCOCC4)c23)C[C@@H](OC)C1.